The van der Waals surface area contributed by atoms with Crippen LogP contribution in [0, 0.1) is 0 Å². The van der Waals surface area contributed by atoms with Gasteiger partial charge in [-0.2, -0.15) is 0 Å². The summed E-state index contributed by atoms with van der Waals surface area (Å²) in [6.07, 6.45) is 0. The zero-order valence-electron chi connectivity index (χ0n) is 19.5. The lowest BCUT2D eigenvalue weighted by Crippen LogP contribution is -2.56. The summed E-state index contributed by atoms with van der Waals surface area (Å²) < 4.78 is 15.0. The molecule has 1 fully saturated rings. The molecule has 34 heavy (non-hydrogen) atoms. The van der Waals surface area contributed by atoms with Crippen molar-refractivity contribution >= 4 is 35.2 Å². The second-order valence-electron chi connectivity index (χ2n) is 8.13. The molecular formula is C24H29N3O6S. The number of hydrogen-bond donors (Lipinski definition) is 3. The maximum Gasteiger partial charge on any atom is 0.324 e. The van der Waals surface area contributed by atoms with E-state index in [0.717, 1.165) is 0 Å². The standard InChI is InChI=1S/C24H29N3O6S/c1-24(2)20(23(30)32-4)27-22(34-24)19(21(29)25-15-10-12-16(31-3)13-11-15)26-18(28)14-33-17-8-6-5-7-9-17/h5-13,19-20,22,27H,14H2,1-4H3,(H,25,29)(H,26,28)/t19-,20?,22?/m1/s1. The van der Waals surface area contributed by atoms with Crippen LogP contribution in [0.3, 0.4) is 0 Å². The topological polar surface area (TPSA) is 115 Å². The van der Waals surface area contributed by atoms with Gasteiger partial charge in [0.15, 0.2) is 6.61 Å². The smallest absolute Gasteiger partial charge is 0.324 e. The number of rotatable bonds is 9. The van der Waals surface area contributed by atoms with E-state index in [0.29, 0.717) is 17.2 Å². The van der Waals surface area contributed by atoms with Gasteiger partial charge in [-0.05, 0) is 50.2 Å². The average molecular weight is 488 g/mol. The van der Waals surface area contributed by atoms with Gasteiger partial charge in [0.1, 0.15) is 23.6 Å². The second-order valence-corrected chi connectivity index (χ2v) is 9.93. The van der Waals surface area contributed by atoms with Gasteiger partial charge >= 0.3 is 5.97 Å². The minimum absolute atomic E-state index is 0.266. The summed E-state index contributed by atoms with van der Waals surface area (Å²) in [6.45, 7) is 3.49. The van der Waals surface area contributed by atoms with Crippen molar-refractivity contribution < 1.29 is 28.6 Å². The molecule has 1 heterocycles. The monoisotopic (exact) mass is 487 g/mol. The van der Waals surface area contributed by atoms with Gasteiger partial charge in [-0.25, -0.2) is 0 Å². The number of benzene rings is 2. The first-order valence-electron chi connectivity index (χ1n) is 10.7. The van der Waals surface area contributed by atoms with Crippen LogP contribution in [0.25, 0.3) is 0 Å². The number of amides is 2. The quantitative estimate of drug-likeness (QED) is 0.461. The van der Waals surface area contributed by atoms with Gasteiger partial charge in [0.25, 0.3) is 5.91 Å². The summed E-state index contributed by atoms with van der Waals surface area (Å²) in [5.74, 6) is -0.160. The molecule has 0 bridgehead atoms. The van der Waals surface area contributed by atoms with Crippen molar-refractivity contribution in [3.63, 3.8) is 0 Å². The molecule has 0 aromatic heterocycles. The lowest BCUT2D eigenvalue weighted by Gasteiger charge is -2.25. The molecule has 9 nitrogen and oxygen atoms in total. The number of carbonyl (C=O) groups is 3. The van der Waals surface area contributed by atoms with Crippen molar-refractivity contribution in [2.75, 3.05) is 26.1 Å². The fourth-order valence-electron chi connectivity index (χ4n) is 3.48. The van der Waals surface area contributed by atoms with Crippen LogP contribution < -0.4 is 25.4 Å². The molecule has 2 aromatic carbocycles. The van der Waals surface area contributed by atoms with Gasteiger partial charge in [-0.3, -0.25) is 19.7 Å². The zero-order valence-corrected chi connectivity index (χ0v) is 20.3. The van der Waals surface area contributed by atoms with E-state index in [9.17, 15) is 14.4 Å². The molecule has 1 aliphatic rings. The molecule has 1 saturated heterocycles. The maximum absolute atomic E-state index is 13.3. The van der Waals surface area contributed by atoms with Crippen LogP contribution >= 0.6 is 11.8 Å². The molecule has 0 aliphatic carbocycles. The predicted octanol–water partition coefficient (Wildman–Crippen LogP) is 2.18. The number of anilines is 1. The lowest BCUT2D eigenvalue weighted by molar-refractivity contribution is -0.143. The van der Waals surface area contributed by atoms with E-state index >= 15 is 0 Å². The highest BCUT2D eigenvalue weighted by Crippen LogP contribution is 2.39. The van der Waals surface area contributed by atoms with Crippen LogP contribution in [0.1, 0.15) is 13.8 Å². The van der Waals surface area contributed by atoms with Crippen LogP contribution in [-0.4, -0.2) is 60.8 Å². The minimum Gasteiger partial charge on any atom is -0.497 e. The summed E-state index contributed by atoms with van der Waals surface area (Å²) in [5, 5.41) is 8.13. The van der Waals surface area contributed by atoms with E-state index in [-0.39, 0.29) is 6.61 Å². The van der Waals surface area contributed by atoms with Crippen LogP contribution in [0.15, 0.2) is 54.6 Å². The van der Waals surface area contributed by atoms with Crippen molar-refractivity contribution in [3.8, 4) is 11.5 Å². The largest absolute Gasteiger partial charge is 0.497 e. The Morgan fingerprint density at radius 2 is 1.71 bits per heavy atom. The third-order valence-corrected chi connectivity index (χ3v) is 6.77. The Morgan fingerprint density at radius 1 is 1.03 bits per heavy atom. The minimum atomic E-state index is -0.993. The van der Waals surface area contributed by atoms with Gasteiger partial charge in [0, 0.05) is 10.4 Å². The molecule has 1 aliphatic heterocycles. The normalized spacial score (nSPS) is 19.5. The van der Waals surface area contributed by atoms with Gasteiger partial charge in [-0.1, -0.05) is 18.2 Å². The van der Waals surface area contributed by atoms with E-state index < -0.39 is 40.0 Å². The number of para-hydroxylation sites is 1. The number of methoxy groups -OCH3 is 2. The highest BCUT2D eigenvalue weighted by atomic mass is 32.2. The molecule has 2 unspecified atom stereocenters. The van der Waals surface area contributed by atoms with E-state index in [1.54, 1.807) is 55.6 Å². The highest BCUT2D eigenvalue weighted by Gasteiger charge is 2.49. The average Bonchev–Trinajstić information content (AvgIpc) is 3.16. The first kappa shape index (κ1) is 25.4. The van der Waals surface area contributed by atoms with Crippen molar-refractivity contribution in [2.24, 2.45) is 0 Å². The van der Waals surface area contributed by atoms with E-state index in [4.69, 9.17) is 14.2 Å². The maximum atomic E-state index is 13.3. The summed E-state index contributed by atoms with van der Waals surface area (Å²) in [4.78, 5) is 38.2. The Balaban J connectivity index is 1.75. The molecule has 0 saturated carbocycles. The van der Waals surface area contributed by atoms with E-state index in [1.165, 1.54) is 18.9 Å². The van der Waals surface area contributed by atoms with Gasteiger partial charge < -0.3 is 24.8 Å². The van der Waals surface area contributed by atoms with Gasteiger partial charge in [0.05, 0.1) is 19.6 Å². The number of hydrogen-bond acceptors (Lipinski definition) is 8. The SMILES string of the molecule is COC(=O)C1NC([C@H](NC(=O)COc2ccccc2)C(=O)Nc2ccc(OC)cc2)SC1(C)C. The first-order valence-corrected chi connectivity index (χ1v) is 11.6. The van der Waals surface area contributed by atoms with Crippen LogP contribution in [0.2, 0.25) is 0 Å². The van der Waals surface area contributed by atoms with Gasteiger partial charge in [-0.15, -0.1) is 11.8 Å². The summed E-state index contributed by atoms with van der Waals surface area (Å²) in [5.41, 5.74) is 0.539. The Kier molecular flexibility index (Phi) is 8.41. The Labute approximate surface area is 202 Å². The molecule has 3 atom stereocenters. The van der Waals surface area contributed by atoms with Crippen molar-refractivity contribution in [1.29, 1.82) is 0 Å². The molecular weight excluding hydrogens is 458 g/mol. The zero-order chi connectivity index (χ0) is 24.7. The van der Waals surface area contributed by atoms with Crippen molar-refractivity contribution in [1.82, 2.24) is 10.6 Å². The summed E-state index contributed by atoms with van der Waals surface area (Å²) in [7, 11) is 2.87. The molecule has 3 N–H and O–H groups in total. The Morgan fingerprint density at radius 3 is 2.32 bits per heavy atom. The molecule has 0 spiro atoms. The van der Waals surface area contributed by atoms with Crippen molar-refractivity contribution in [3.05, 3.63) is 54.6 Å². The molecule has 182 valence electrons. The third-order valence-electron chi connectivity index (χ3n) is 5.27. The van der Waals surface area contributed by atoms with Crippen LogP contribution in [0.5, 0.6) is 11.5 Å². The summed E-state index contributed by atoms with van der Waals surface area (Å²) >= 11 is 1.38. The first-order chi connectivity index (χ1) is 16.2. The second kappa shape index (κ2) is 11.3. The Hall–Kier alpha value is -3.24. The molecule has 0 radical (unpaired) electrons. The highest BCUT2D eigenvalue weighted by molar-refractivity contribution is 8.01. The van der Waals surface area contributed by atoms with Crippen molar-refractivity contribution in [2.45, 2.75) is 36.1 Å². The Bertz CT molecular complexity index is 1000. The molecule has 2 amide bonds. The number of thioether (sulfide) groups is 1. The predicted molar refractivity (Wildman–Crippen MR) is 130 cm³/mol. The number of nitrogens with one attached hydrogen (secondary N) is 3. The number of carbonyl (C=O) groups excluding carboxylic acids is 3. The summed E-state index contributed by atoms with van der Waals surface area (Å²) in [6, 6.07) is 14.1. The van der Waals surface area contributed by atoms with E-state index in [1.807, 2.05) is 19.9 Å². The van der Waals surface area contributed by atoms with Crippen LogP contribution in [-0.2, 0) is 19.1 Å². The van der Waals surface area contributed by atoms with Crippen LogP contribution in [0.4, 0.5) is 5.69 Å². The van der Waals surface area contributed by atoms with E-state index in [2.05, 4.69) is 16.0 Å². The number of ether oxygens (including phenoxy) is 3. The third kappa shape index (κ3) is 6.42. The fraction of sp³-hybridized carbons (Fsp3) is 0.375. The lowest BCUT2D eigenvalue weighted by atomic mass is 10.0. The molecule has 2 aromatic rings. The van der Waals surface area contributed by atoms with Gasteiger partial charge in [0.2, 0.25) is 5.91 Å². The molecule has 3 rings (SSSR count). The molecule has 10 heteroatoms. The fourth-order valence-corrected chi connectivity index (χ4v) is 4.97. The number of esters is 1.